The van der Waals surface area contributed by atoms with Gasteiger partial charge in [0.25, 0.3) is 0 Å². The normalized spacial score (nSPS) is 13.8. The minimum atomic E-state index is -0.329. The van der Waals surface area contributed by atoms with Crippen LogP contribution < -0.4 is 5.32 Å². The Kier molecular flexibility index (Phi) is 9.99. The molecule has 2 aromatic carbocycles. The van der Waals surface area contributed by atoms with Crippen molar-refractivity contribution >= 4 is 29.2 Å². The predicted octanol–water partition coefficient (Wildman–Crippen LogP) is 4.37. The molecule has 1 aliphatic heterocycles. The first-order chi connectivity index (χ1) is 18.1. The number of furan rings is 1. The predicted molar refractivity (Wildman–Crippen MR) is 144 cm³/mol. The van der Waals surface area contributed by atoms with Crippen molar-refractivity contribution in [2.45, 2.75) is 13.0 Å². The van der Waals surface area contributed by atoms with Gasteiger partial charge in [0.15, 0.2) is 0 Å². The average molecular weight is 525 g/mol. The molecule has 0 radical (unpaired) electrons. The van der Waals surface area contributed by atoms with Crippen LogP contribution in [0.15, 0.2) is 77.4 Å². The summed E-state index contributed by atoms with van der Waals surface area (Å²) in [6.45, 7) is 4.85. The summed E-state index contributed by atoms with van der Waals surface area (Å²) in [5.41, 5.74) is 1.76. The number of nitrogens with zero attached hydrogens (tertiary/aromatic N) is 3. The third kappa shape index (κ3) is 8.63. The molecule has 0 saturated carbocycles. The Morgan fingerprint density at radius 2 is 1.68 bits per heavy atom. The van der Waals surface area contributed by atoms with Crippen LogP contribution in [0.3, 0.4) is 0 Å². The summed E-state index contributed by atoms with van der Waals surface area (Å²) in [5, 5.41) is 3.49. The molecule has 1 N–H and O–H groups in total. The molecule has 1 fully saturated rings. The van der Waals surface area contributed by atoms with Crippen LogP contribution in [0.5, 0.6) is 0 Å². The molecule has 1 aromatic heterocycles. The van der Waals surface area contributed by atoms with Crippen LogP contribution in [0.4, 0.5) is 10.5 Å². The number of carbonyl (C=O) groups excluding carboxylic acids is 2. The van der Waals surface area contributed by atoms with Gasteiger partial charge in [-0.1, -0.05) is 41.9 Å². The highest BCUT2D eigenvalue weighted by Gasteiger charge is 2.23. The quantitative estimate of drug-likeness (QED) is 0.403. The van der Waals surface area contributed by atoms with Gasteiger partial charge in [-0.25, -0.2) is 4.79 Å². The van der Waals surface area contributed by atoms with Crippen molar-refractivity contribution in [2.24, 2.45) is 0 Å². The zero-order chi connectivity index (χ0) is 25.9. The molecular formula is C28H33ClN4O4. The molecular weight excluding hydrogens is 492 g/mol. The lowest BCUT2D eigenvalue weighted by atomic mass is 10.1. The first-order valence-electron chi connectivity index (χ1n) is 12.5. The summed E-state index contributed by atoms with van der Waals surface area (Å²) in [6, 6.07) is 20.3. The molecule has 8 nitrogen and oxygen atoms in total. The summed E-state index contributed by atoms with van der Waals surface area (Å²) in [6.07, 6.45) is 2.31. The van der Waals surface area contributed by atoms with E-state index in [4.69, 9.17) is 20.8 Å². The van der Waals surface area contributed by atoms with Crippen LogP contribution in [0.1, 0.15) is 11.3 Å². The second-order valence-electron chi connectivity index (χ2n) is 8.94. The van der Waals surface area contributed by atoms with E-state index < -0.39 is 0 Å². The summed E-state index contributed by atoms with van der Waals surface area (Å²) >= 11 is 5.99. The van der Waals surface area contributed by atoms with Crippen LogP contribution in [-0.2, 0) is 22.5 Å². The number of morpholine rings is 1. The third-order valence-corrected chi connectivity index (χ3v) is 6.54. The van der Waals surface area contributed by atoms with Gasteiger partial charge in [0, 0.05) is 43.4 Å². The third-order valence-electron chi connectivity index (χ3n) is 6.29. The van der Waals surface area contributed by atoms with Crippen LogP contribution >= 0.6 is 11.6 Å². The number of benzene rings is 2. The second-order valence-corrected chi connectivity index (χ2v) is 9.38. The number of anilines is 1. The van der Waals surface area contributed by atoms with Crippen molar-refractivity contribution < 1.29 is 18.7 Å². The van der Waals surface area contributed by atoms with Crippen molar-refractivity contribution in [3.8, 4) is 0 Å². The monoisotopic (exact) mass is 524 g/mol. The van der Waals surface area contributed by atoms with E-state index in [9.17, 15) is 9.59 Å². The fourth-order valence-electron chi connectivity index (χ4n) is 4.13. The van der Waals surface area contributed by atoms with Crippen molar-refractivity contribution in [1.82, 2.24) is 14.7 Å². The molecule has 0 aliphatic carbocycles. The van der Waals surface area contributed by atoms with Gasteiger partial charge in [0.1, 0.15) is 12.3 Å². The molecule has 37 heavy (non-hydrogen) atoms. The fraction of sp³-hybridized carbons (Fsp3) is 0.357. The number of amides is 3. The van der Waals surface area contributed by atoms with E-state index in [2.05, 4.69) is 10.2 Å². The first kappa shape index (κ1) is 26.7. The molecule has 3 amide bonds. The smallest absolute Gasteiger partial charge is 0.322 e. The Bertz CT molecular complexity index is 1100. The summed E-state index contributed by atoms with van der Waals surface area (Å²) < 4.78 is 11.0. The van der Waals surface area contributed by atoms with Gasteiger partial charge in [0.05, 0.1) is 26.0 Å². The van der Waals surface area contributed by atoms with Gasteiger partial charge in [-0.2, -0.15) is 0 Å². The molecule has 0 atom stereocenters. The number of carbonyl (C=O) groups is 2. The van der Waals surface area contributed by atoms with Gasteiger partial charge in [-0.05, 0) is 48.4 Å². The topological polar surface area (TPSA) is 78.3 Å². The highest BCUT2D eigenvalue weighted by molar-refractivity contribution is 6.30. The van der Waals surface area contributed by atoms with Crippen LogP contribution in [0, 0.1) is 0 Å². The molecule has 196 valence electrons. The number of hydrogen-bond donors (Lipinski definition) is 1. The number of hydrogen-bond acceptors (Lipinski definition) is 5. The van der Waals surface area contributed by atoms with E-state index in [0.717, 1.165) is 18.7 Å². The number of rotatable bonds is 11. The van der Waals surface area contributed by atoms with Gasteiger partial charge in [-0.3, -0.25) is 9.69 Å². The van der Waals surface area contributed by atoms with E-state index in [1.807, 2.05) is 42.5 Å². The Morgan fingerprint density at radius 3 is 2.38 bits per heavy atom. The largest absolute Gasteiger partial charge is 0.467 e. The van der Waals surface area contributed by atoms with Crippen molar-refractivity contribution in [1.29, 1.82) is 0 Å². The van der Waals surface area contributed by atoms with E-state index in [1.165, 1.54) is 0 Å². The molecule has 1 aliphatic rings. The second kappa shape index (κ2) is 13.8. The lowest BCUT2D eigenvalue weighted by Crippen LogP contribution is -2.48. The number of urea groups is 1. The lowest BCUT2D eigenvalue weighted by Gasteiger charge is -2.31. The van der Waals surface area contributed by atoms with Crippen molar-refractivity contribution in [2.75, 3.05) is 57.8 Å². The van der Waals surface area contributed by atoms with E-state index >= 15 is 0 Å². The van der Waals surface area contributed by atoms with Gasteiger partial charge < -0.3 is 24.3 Å². The van der Waals surface area contributed by atoms with Crippen LogP contribution in [0.25, 0.3) is 0 Å². The molecule has 3 aromatic rings. The Hall–Kier alpha value is -3.33. The molecule has 4 rings (SSSR count). The van der Waals surface area contributed by atoms with Gasteiger partial charge in [0.2, 0.25) is 5.91 Å². The maximum Gasteiger partial charge on any atom is 0.322 e. The Labute approximate surface area is 222 Å². The number of halogens is 1. The van der Waals surface area contributed by atoms with E-state index in [-0.39, 0.29) is 18.5 Å². The lowest BCUT2D eigenvalue weighted by molar-refractivity contribution is -0.132. The Balaban J connectivity index is 1.45. The fourth-order valence-corrected chi connectivity index (χ4v) is 4.26. The average Bonchev–Trinajstić information content (AvgIpc) is 3.44. The SMILES string of the molecule is O=C(CN(CCN1CCOCC1)C(=O)Nc1ccc(Cl)cc1)N(CCc1ccccc1)Cc1ccco1. The van der Waals surface area contributed by atoms with E-state index in [0.29, 0.717) is 62.3 Å². The minimum Gasteiger partial charge on any atom is -0.467 e. The summed E-state index contributed by atoms with van der Waals surface area (Å²) in [7, 11) is 0. The summed E-state index contributed by atoms with van der Waals surface area (Å²) in [4.78, 5) is 32.4. The molecule has 2 heterocycles. The highest BCUT2D eigenvalue weighted by Crippen LogP contribution is 2.15. The molecule has 0 spiro atoms. The first-order valence-corrected chi connectivity index (χ1v) is 12.9. The molecule has 0 unspecified atom stereocenters. The molecule has 9 heteroatoms. The van der Waals surface area contributed by atoms with Crippen LogP contribution in [-0.4, -0.2) is 79.1 Å². The Morgan fingerprint density at radius 1 is 0.919 bits per heavy atom. The molecule has 1 saturated heterocycles. The molecule has 0 bridgehead atoms. The van der Waals surface area contributed by atoms with Crippen LogP contribution in [0.2, 0.25) is 5.02 Å². The van der Waals surface area contributed by atoms with Gasteiger partial charge in [-0.15, -0.1) is 0 Å². The standard InChI is InChI=1S/C28H33ClN4O4/c29-24-8-10-25(11-9-24)30-28(35)33(15-14-31-16-19-36-20-17-31)22-27(34)32(21-26-7-4-18-37-26)13-12-23-5-2-1-3-6-23/h1-11,18H,12-17,19-22H2,(H,30,35). The zero-order valence-corrected chi connectivity index (χ0v) is 21.6. The highest BCUT2D eigenvalue weighted by atomic mass is 35.5. The number of nitrogens with one attached hydrogen (secondary N) is 1. The maximum absolute atomic E-state index is 13.6. The summed E-state index contributed by atoms with van der Waals surface area (Å²) in [5.74, 6) is 0.562. The van der Waals surface area contributed by atoms with Crippen molar-refractivity contribution in [3.05, 3.63) is 89.3 Å². The minimum absolute atomic E-state index is 0.0424. The maximum atomic E-state index is 13.6. The van der Waals surface area contributed by atoms with Gasteiger partial charge >= 0.3 is 6.03 Å². The number of ether oxygens (including phenoxy) is 1. The van der Waals surface area contributed by atoms with E-state index in [1.54, 1.807) is 40.3 Å². The zero-order valence-electron chi connectivity index (χ0n) is 20.9. The van der Waals surface area contributed by atoms with Crippen molar-refractivity contribution in [3.63, 3.8) is 0 Å².